The highest BCUT2D eigenvalue weighted by atomic mass is 79.9. The number of hydrogen-bond acceptors (Lipinski definition) is 3. The maximum atomic E-state index is 11.7. The number of carbonyl (C=O) groups is 1. The summed E-state index contributed by atoms with van der Waals surface area (Å²) in [5.41, 5.74) is 4.46. The van der Waals surface area contributed by atoms with Gasteiger partial charge in [-0.15, -0.1) is 11.8 Å². The molecular weight excluding hydrogens is 384 g/mol. The summed E-state index contributed by atoms with van der Waals surface area (Å²) in [6.45, 7) is 0. The monoisotopic (exact) mass is 396 g/mol. The van der Waals surface area contributed by atoms with Crippen molar-refractivity contribution in [3.63, 3.8) is 0 Å². The Morgan fingerprint density at radius 2 is 2.09 bits per heavy atom. The highest BCUT2D eigenvalue weighted by molar-refractivity contribution is 9.10. The SMILES string of the molecule is O=C(CSCc1ccccc1Cl)N/N=C/c1cccc(Br)c1. The van der Waals surface area contributed by atoms with Crippen LogP contribution in [0.4, 0.5) is 0 Å². The van der Waals surface area contributed by atoms with Gasteiger partial charge in [0.1, 0.15) is 0 Å². The van der Waals surface area contributed by atoms with E-state index in [4.69, 9.17) is 11.6 Å². The van der Waals surface area contributed by atoms with Crippen molar-refractivity contribution < 1.29 is 4.79 Å². The standard InChI is InChI=1S/C16H14BrClN2OS/c17-14-6-3-4-12(8-14)9-19-20-16(21)11-22-10-13-5-1-2-7-15(13)18/h1-9H,10-11H2,(H,20,21)/b19-9+. The minimum Gasteiger partial charge on any atom is -0.272 e. The second-order valence-electron chi connectivity index (χ2n) is 4.43. The molecule has 0 heterocycles. The summed E-state index contributed by atoms with van der Waals surface area (Å²) in [6.07, 6.45) is 1.61. The van der Waals surface area contributed by atoms with Crippen LogP contribution in [0, 0.1) is 0 Å². The fourth-order valence-corrected chi connectivity index (χ4v) is 3.19. The summed E-state index contributed by atoms with van der Waals surface area (Å²) < 4.78 is 0.970. The summed E-state index contributed by atoms with van der Waals surface area (Å²) in [4.78, 5) is 11.7. The molecule has 22 heavy (non-hydrogen) atoms. The number of nitrogens with zero attached hydrogens (tertiary/aromatic N) is 1. The van der Waals surface area contributed by atoms with Gasteiger partial charge < -0.3 is 0 Å². The molecule has 0 radical (unpaired) electrons. The molecule has 0 aliphatic heterocycles. The van der Waals surface area contributed by atoms with Gasteiger partial charge in [0.25, 0.3) is 0 Å². The first-order valence-electron chi connectivity index (χ1n) is 6.54. The molecule has 0 aliphatic carbocycles. The van der Waals surface area contributed by atoms with E-state index < -0.39 is 0 Å². The number of rotatable bonds is 6. The molecule has 0 saturated carbocycles. The van der Waals surface area contributed by atoms with Crippen LogP contribution in [0.2, 0.25) is 5.02 Å². The summed E-state index contributed by atoms with van der Waals surface area (Å²) in [6, 6.07) is 15.3. The molecule has 0 aliphatic rings. The van der Waals surface area contributed by atoms with Crippen LogP contribution >= 0.6 is 39.3 Å². The van der Waals surface area contributed by atoms with E-state index in [0.29, 0.717) is 11.5 Å². The summed E-state index contributed by atoms with van der Waals surface area (Å²) in [7, 11) is 0. The van der Waals surface area contributed by atoms with Crippen LogP contribution in [0.15, 0.2) is 58.1 Å². The third-order valence-corrected chi connectivity index (χ3v) is 4.54. The zero-order valence-corrected chi connectivity index (χ0v) is 14.8. The van der Waals surface area contributed by atoms with E-state index in [9.17, 15) is 4.79 Å². The number of halogens is 2. The molecule has 0 atom stereocenters. The second-order valence-corrected chi connectivity index (χ2v) is 6.74. The van der Waals surface area contributed by atoms with Crippen molar-refractivity contribution in [2.45, 2.75) is 5.75 Å². The van der Waals surface area contributed by atoms with Gasteiger partial charge in [-0.25, -0.2) is 5.43 Å². The summed E-state index contributed by atoms with van der Waals surface area (Å²) in [5.74, 6) is 0.895. The van der Waals surface area contributed by atoms with Crippen LogP contribution in [0.1, 0.15) is 11.1 Å². The molecular formula is C16H14BrClN2OS. The normalized spacial score (nSPS) is 10.8. The van der Waals surface area contributed by atoms with Crippen LogP contribution in [-0.4, -0.2) is 17.9 Å². The lowest BCUT2D eigenvalue weighted by atomic mass is 10.2. The zero-order valence-electron chi connectivity index (χ0n) is 11.6. The molecule has 114 valence electrons. The van der Waals surface area contributed by atoms with Crippen LogP contribution in [0.3, 0.4) is 0 Å². The van der Waals surface area contributed by atoms with Gasteiger partial charge in [0.05, 0.1) is 12.0 Å². The Morgan fingerprint density at radius 3 is 2.86 bits per heavy atom. The minimum atomic E-state index is -0.136. The topological polar surface area (TPSA) is 41.5 Å². The fraction of sp³-hybridized carbons (Fsp3) is 0.125. The Hall–Kier alpha value is -1.30. The fourth-order valence-electron chi connectivity index (χ4n) is 1.67. The van der Waals surface area contributed by atoms with Gasteiger partial charge in [0, 0.05) is 15.2 Å². The highest BCUT2D eigenvalue weighted by Gasteiger charge is 2.03. The third-order valence-electron chi connectivity index (χ3n) is 2.70. The van der Waals surface area contributed by atoms with Crippen LogP contribution in [-0.2, 0) is 10.5 Å². The lowest BCUT2D eigenvalue weighted by molar-refractivity contribution is -0.118. The maximum Gasteiger partial charge on any atom is 0.250 e. The molecule has 3 nitrogen and oxygen atoms in total. The summed E-state index contributed by atoms with van der Waals surface area (Å²) in [5, 5.41) is 4.67. The quantitative estimate of drug-likeness (QED) is 0.576. The van der Waals surface area contributed by atoms with Crippen molar-refractivity contribution in [1.29, 1.82) is 0 Å². The zero-order chi connectivity index (χ0) is 15.8. The van der Waals surface area contributed by atoms with E-state index in [0.717, 1.165) is 20.6 Å². The number of thioether (sulfide) groups is 1. The molecule has 0 aromatic heterocycles. The number of hydrazone groups is 1. The van der Waals surface area contributed by atoms with E-state index in [2.05, 4.69) is 26.5 Å². The number of nitrogens with one attached hydrogen (secondary N) is 1. The summed E-state index contributed by atoms with van der Waals surface area (Å²) >= 11 is 10.9. The number of carbonyl (C=O) groups excluding carboxylic acids is 1. The molecule has 2 aromatic carbocycles. The molecule has 0 bridgehead atoms. The van der Waals surface area contributed by atoms with Crippen molar-refractivity contribution in [2.75, 3.05) is 5.75 Å². The minimum absolute atomic E-state index is 0.136. The van der Waals surface area contributed by atoms with Gasteiger partial charge in [-0.3, -0.25) is 4.79 Å². The van der Waals surface area contributed by atoms with Crippen molar-refractivity contribution >= 4 is 51.4 Å². The third kappa shape index (κ3) is 5.83. The Morgan fingerprint density at radius 1 is 1.27 bits per heavy atom. The molecule has 0 unspecified atom stereocenters. The Bertz CT molecular complexity index is 679. The van der Waals surface area contributed by atoms with Crippen LogP contribution < -0.4 is 5.43 Å². The average Bonchev–Trinajstić information content (AvgIpc) is 2.49. The Kier molecular flexibility index (Phi) is 6.96. The van der Waals surface area contributed by atoms with E-state index in [1.165, 1.54) is 11.8 Å². The van der Waals surface area contributed by atoms with Gasteiger partial charge in [-0.1, -0.05) is 57.9 Å². The average molecular weight is 398 g/mol. The van der Waals surface area contributed by atoms with E-state index in [-0.39, 0.29) is 5.91 Å². The molecule has 0 spiro atoms. The first kappa shape index (κ1) is 17.1. The van der Waals surface area contributed by atoms with Gasteiger partial charge in [-0.2, -0.15) is 5.10 Å². The number of amides is 1. The van der Waals surface area contributed by atoms with Gasteiger partial charge in [-0.05, 0) is 29.3 Å². The highest BCUT2D eigenvalue weighted by Crippen LogP contribution is 2.20. The van der Waals surface area contributed by atoms with Crippen molar-refractivity contribution in [2.24, 2.45) is 5.10 Å². The molecule has 2 aromatic rings. The lowest BCUT2D eigenvalue weighted by Gasteiger charge is -2.03. The number of benzene rings is 2. The largest absolute Gasteiger partial charge is 0.272 e. The van der Waals surface area contributed by atoms with E-state index in [1.807, 2.05) is 48.5 Å². The lowest BCUT2D eigenvalue weighted by Crippen LogP contribution is -2.19. The molecule has 1 N–H and O–H groups in total. The predicted molar refractivity (Wildman–Crippen MR) is 97.5 cm³/mol. The van der Waals surface area contributed by atoms with Gasteiger partial charge in [0.2, 0.25) is 5.91 Å². The van der Waals surface area contributed by atoms with Crippen molar-refractivity contribution in [3.8, 4) is 0 Å². The Labute approximate surface area is 147 Å². The molecule has 0 saturated heterocycles. The first-order valence-corrected chi connectivity index (χ1v) is 8.86. The Balaban J connectivity index is 1.73. The molecule has 1 amide bonds. The van der Waals surface area contributed by atoms with Crippen LogP contribution in [0.25, 0.3) is 0 Å². The predicted octanol–water partition coefficient (Wildman–Crippen LogP) is 4.49. The smallest absolute Gasteiger partial charge is 0.250 e. The van der Waals surface area contributed by atoms with Crippen LogP contribution in [0.5, 0.6) is 0 Å². The number of hydrogen-bond donors (Lipinski definition) is 1. The van der Waals surface area contributed by atoms with Gasteiger partial charge >= 0.3 is 0 Å². The first-order chi connectivity index (χ1) is 10.6. The maximum absolute atomic E-state index is 11.7. The molecule has 0 fully saturated rings. The molecule has 6 heteroatoms. The van der Waals surface area contributed by atoms with E-state index >= 15 is 0 Å². The molecule has 2 rings (SSSR count). The van der Waals surface area contributed by atoms with Crippen molar-refractivity contribution in [1.82, 2.24) is 5.43 Å². The van der Waals surface area contributed by atoms with Crippen molar-refractivity contribution in [3.05, 3.63) is 69.2 Å². The van der Waals surface area contributed by atoms with E-state index in [1.54, 1.807) is 6.21 Å². The van der Waals surface area contributed by atoms with Gasteiger partial charge in [0.15, 0.2) is 0 Å². The second kappa shape index (κ2) is 8.98.